The zero-order valence-corrected chi connectivity index (χ0v) is 17.7. The molecule has 0 aliphatic rings. The molecule has 0 fully saturated rings. The van der Waals surface area contributed by atoms with Gasteiger partial charge in [-0.15, -0.1) is 16.8 Å². The molecular weight excluding hydrogens is 431 g/mol. The first-order valence-electron chi connectivity index (χ1n) is 8.65. The molecule has 6 nitrogen and oxygen atoms in total. The topological polar surface area (TPSA) is 69.0 Å². The molecular formula is C20H18Cl2N4O2S. The van der Waals surface area contributed by atoms with Gasteiger partial charge in [0.05, 0.1) is 16.5 Å². The summed E-state index contributed by atoms with van der Waals surface area (Å²) in [7, 11) is 0. The highest BCUT2D eigenvalue weighted by Crippen LogP contribution is 2.26. The third kappa shape index (κ3) is 6.00. The van der Waals surface area contributed by atoms with Gasteiger partial charge in [-0.3, -0.25) is 9.36 Å². The fraction of sp³-hybridized carbons (Fsp3) is 0.150. The van der Waals surface area contributed by atoms with E-state index in [1.807, 2.05) is 34.9 Å². The summed E-state index contributed by atoms with van der Waals surface area (Å²) in [5.41, 5.74) is 0.506. The van der Waals surface area contributed by atoms with Gasteiger partial charge in [-0.25, -0.2) is 0 Å². The van der Waals surface area contributed by atoms with E-state index in [4.69, 9.17) is 27.9 Å². The van der Waals surface area contributed by atoms with E-state index in [1.165, 1.54) is 11.8 Å². The average Bonchev–Trinajstić information content (AvgIpc) is 3.10. The molecule has 29 heavy (non-hydrogen) atoms. The number of halogens is 2. The average molecular weight is 449 g/mol. The van der Waals surface area contributed by atoms with Gasteiger partial charge >= 0.3 is 0 Å². The van der Waals surface area contributed by atoms with Crippen molar-refractivity contribution in [3.8, 4) is 5.75 Å². The Kier molecular flexibility index (Phi) is 7.57. The maximum atomic E-state index is 12.3. The number of nitrogens with one attached hydrogen (secondary N) is 1. The highest BCUT2D eigenvalue weighted by Gasteiger charge is 2.15. The summed E-state index contributed by atoms with van der Waals surface area (Å²) in [4.78, 5) is 12.3. The number of allylic oxidation sites excluding steroid dienone is 1. The van der Waals surface area contributed by atoms with Crippen LogP contribution in [0.3, 0.4) is 0 Å². The van der Waals surface area contributed by atoms with Gasteiger partial charge in [0.1, 0.15) is 12.4 Å². The monoisotopic (exact) mass is 448 g/mol. The normalized spacial score (nSPS) is 10.6. The second kappa shape index (κ2) is 10.3. The number of nitrogens with zero attached hydrogens (tertiary/aromatic N) is 3. The summed E-state index contributed by atoms with van der Waals surface area (Å²) in [6.45, 7) is 4.54. The number of carbonyl (C=O) groups is 1. The Bertz CT molecular complexity index is 995. The Morgan fingerprint density at radius 1 is 1.21 bits per heavy atom. The lowest BCUT2D eigenvalue weighted by atomic mass is 10.3. The van der Waals surface area contributed by atoms with Crippen LogP contribution in [0, 0.1) is 0 Å². The highest BCUT2D eigenvalue weighted by molar-refractivity contribution is 7.99. The number of benzene rings is 2. The van der Waals surface area contributed by atoms with Crippen LogP contribution in [0.2, 0.25) is 10.0 Å². The van der Waals surface area contributed by atoms with Crippen LogP contribution in [0.15, 0.2) is 66.3 Å². The first-order valence-corrected chi connectivity index (χ1v) is 10.4. The minimum absolute atomic E-state index is 0.147. The van der Waals surface area contributed by atoms with Crippen LogP contribution < -0.4 is 10.1 Å². The summed E-state index contributed by atoms with van der Waals surface area (Å²) in [6.07, 6.45) is 1.74. The number of para-hydroxylation sites is 1. The van der Waals surface area contributed by atoms with Crippen molar-refractivity contribution in [2.45, 2.75) is 18.3 Å². The molecule has 1 amide bonds. The molecule has 0 saturated heterocycles. The smallest absolute Gasteiger partial charge is 0.234 e. The lowest BCUT2D eigenvalue weighted by Crippen LogP contribution is -2.15. The van der Waals surface area contributed by atoms with Gasteiger partial charge in [0.15, 0.2) is 11.0 Å². The van der Waals surface area contributed by atoms with Crippen LogP contribution in [0.1, 0.15) is 5.82 Å². The van der Waals surface area contributed by atoms with Crippen molar-refractivity contribution < 1.29 is 9.53 Å². The van der Waals surface area contributed by atoms with Gasteiger partial charge in [0.2, 0.25) is 5.91 Å². The van der Waals surface area contributed by atoms with E-state index < -0.39 is 0 Å². The Hall–Kier alpha value is -2.48. The van der Waals surface area contributed by atoms with Crippen LogP contribution in [-0.4, -0.2) is 26.4 Å². The molecule has 0 saturated carbocycles. The predicted molar refractivity (Wildman–Crippen MR) is 117 cm³/mol. The third-order valence-corrected chi connectivity index (χ3v) is 5.27. The summed E-state index contributed by atoms with van der Waals surface area (Å²) in [5.74, 6) is 1.33. The van der Waals surface area contributed by atoms with Crippen molar-refractivity contribution in [1.29, 1.82) is 0 Å². The molecule has 0 bridgehead atoms. The molecule has 150 valence electrons. The second-order valence-corrected chi connectivity index (χ2v) is 7.65. The fourth-order valence-corrected chi connectivity index (χ4v) is 3.64. The number of rotatable bonds is 9. The molecule has 0 aliphatic carbocycles. The van der Waals surface area contributed by atoms with E-state index in [-0.39, 0.29) is 18.3 Å². The molecule has 1 heterocycles. The van der Waals surface area contributed by atoms with E-state index in [2.05, 4.69) is 22.1 Å². The molecule has 0 aliphatic heterocycles. The van der Waals surface area contributed by atoms with Crippen LogP contribution in [-0.2, 0) is 17.9 Å². The largest absolute Gasteiger partial charge is 0.486 e. The van der Waals surface area contributed by atoms with E-state index in [0.29, 0.717) is 33.3 Å². The maximum Gasteiger partial charge on any atom is 0.234 e. The number of thioether (sulfide) groups is 1. The number of hydrogen-bond donors (Lipinski definition) is 1. The van der Waals surface area contributed by atoms with Gasteiger partial charge < -0.3 is 10.1 Å². The van der Waals surface area contributed by atoms with Crippen LogP contribution in [0.5, 0.6) is 5.75 Å². The third-order valence-electron chi connectivity index (χ3n) is 3.75. The first kappa shape index (κ1) is 21.2. The number of aromatic nitrogens is 3. The lowest BCUT2D eigenvalue weighted by Gasteiger charge is -2.10. The number of anilines is 1. The quantitative estimate of drug-likeness (QED) is 0.365. The zero-order valence-electron chi connectivity index (χ0n) is 15.3. The minimum Gasteiger partial charge on any atom is -0.486 e. The predicted octanol–water partition coefficient (Wildman–Crippen LogP) is 5.08. The fourth-order valence-electron chi connectivity index (χ4n) is 2.42. The standard InChI is InChI=1S/C20H18Cl2N4O2S/c1-2-10-26-18(12-28-15-6-4-3-5-7-15)24-25-20(26)29-13-19(27)23-17-9-8-14(21)11-16(17)22/h2-9,11H,1,10,12-13H2,(H,23,27). The molecule has 9 heteroatoms. The molecule has 0 unspecified atom stereocenters. The van der Waals surface area contributed by atoms with Gasteiger partial charge in [-0.1, -0.05) is 59.2 Å². The molecule has 2 aromatic carbocycles. The number of amides is 1. The SMILES string of the molecule is C=CCn1c(COc2ccccc2)nnc1SCC(=O)Nc1ccc(Cl)cc1Cl. The van der Waals surface area contributed by atoms with Crippen molar-refractivity contribution in [3.05, 3.63) is 77.1 Å². The van der Waals surface area contributed by atoms with Gasteiger partial charge in [0.25, 0.3) is 0 Å². The Morgan fingerprint density at radius 3 is 2.72 bits per heavy atom. The van der Waals surface area contributed by atoms with Crippen molar-refractivity contribution in [2.75, 3.05) is 11.1 Å². The first-order chi connectivity index (χ1) is 14.1. The Labute approximate surface area is 182 Å². The molecule has 0 atom stereocenters. The minimum atomic E-state index is -0.213. The van der Waals surface area contributed by atoms with E-state index in [0.717, 1.165) is 5.75 Å². The van der Waals surface area contributed by atoms with Gasteiger partial charge in [-0.2, -0.15) is 0 Å². The van der Waals surface area contributed by atoms with Crippen molar-refractivity contribution in [3.63, 3.8) is 0 Å². The molecule has 3 rings (SSSR count). The zero-order chi connectivity index (χ0) is 20.6. The van der Waals surface area contributed by atoms with Crippen LogP contribution in [0.25, 0.3) is 0 Å². The van der Waals surface area contributed by atoms with E-state index >= 15 is 0 Å². The summed E-state index contributed by atoms with van der Waals surface area (Å²) in [5, 5.41) is 12.6. The van der Waals surface area contributed by atoms with Crippen molar-refractivity contribution in [2.24, 2.45) is 0 Å². The maximum absolute atomic E-state index is 12.3. The van der Waals surface area contributed by atoms with Crippen LogP contribution in [0.4, 0.5) is 5.69 Å². The summed E-state index contributed by atoms with van der Waals surface area (Å²) >= 11 is 13.2. The molecule has 3 aromatic rings. The Morgan fingerprint density at radius 2 is 2.00 bits per heavy atom. The molecule has 1 aromatic heterocycles. The number of ether oxygens (including phenoxy) is 1. The molecule has 1 N–H and O–H groups in total. The molecule has 0 radical (unpaired) electrons. The van der Waals surface area contributed by atoms with Crippen molar-refractivity contribution >= 4 is 46.6 Å². The molecule has 0 spiro atoms. The highest BCUT2D eigenvalue weighted by atomic mass is 35.5. The van der Waals surface area contributed by atoms with Gasteiger partial charge in [0, 0.05) is 11.6 Å². The van der Waals surface area contributed by atoms with Gasteiger partial charge in [-0.05, 0) is 30.3 Å². The number of carbonyl (C=O) groups excluding carboxylic acids is 1. The van der Waals surface area contributed by atoms with Crippen LogP contribution >= 0.6 is 35.0 Å². The lowest BCUT2D eigenvalue weighted by molar-refractivity contribution is -0.113. The van der Waals surface area contributed by atoms with E-state index in [9.17, 15) is 4.79 Å². The van der Waals surface area contributed by atoms with E-state index in [1.54, 1.807) is 24.3 Å². The number of hydrogen-bond acceptors (Lipinski definition) is 5. The van der Waals surface area contributed by atoms with Crippen molar-refractivity contribution in [1.82, 2.24) is 14.8 Å². The summed E-state index contributed by atoms with van der Waals surface area (Å²) < 4.78 is 7.61. The second-order valence-electron chi connectivity index (χ2n) is 5.86. The Balaban J connectivity index is 1.61. The summed E-state index contributed by atoms with van der Waals surface area (Å²) in [6, 6.07) is 14.4.